The van der Waals surface area contributed by atoms with Crippen molar-refractivity contribution in [2.24, 2.45) is 17.3 Å². The van der Waals surface area contributed by atoms with Gasteiger partial charge in [-0.15, -0.1) is 0 Å². The van der Waals surface area contributed by atoms with E-state index in [1.807, 2.05) is 6.92 Å². The van der Waals surface area contributed by atoms with Crippen molar-refractivity contribution < 1.29 is 14.7 Å². The summed E-state index contributed by atoms with van der Waals surface area (Å²) in [4.78, 5) is 22.8. The summed E-state index contributed by atoms with van der Waals surface area (Å²) < 4.78 is 0. The lowest BCUT2D eigenvalue weighted by Gasteiger charge is -2.26. The topological polar surface area (TPSA) is 66.4 Å². The van der Waals surface area contributed by atoms with E-state index >= 15 is 0 Å². The number of nitrogens with one attached hydrogen (secondary N) is 1. The molecule has 4 heteroatoms. The van der Waals surface area contributed by atoms with Crippen LogP contribution in [0.1, 0.15) is 52.9 Å². The van der Waals surface area contributed by atoms with Crippen LogP contribution >= 0.6 is 0 Å². The lowest BCUT2D eigenvalue weighted by Crippen LogP contribution is -2.38. The minimum Gasteiger partial charge on any atom is -0.481 e. The number of carboxylic acid groups (broad SMARTS) is 1. The summed E-state index contributed by atoms with van der Waals surface area (Å²) in [6.45, 7) is 6.71. The summed E-state index contributed by atoms with van der Waals surface area (Å²) in [5.41, 5.74) is 0.0819. The average molecular weight is 255 g/mol. The minimum atomic E-state index is -0.794. The molecule has 0 aliphatic heterocycles. The lowest BCUT2D eigenvalue weighted by atomic mass is 9.81. The van der Waals surface area contributed by atoms with Crippen LogP contribution in [0.25, 0.3) is 0 Å². The smallest absolute Gasteiger partial charge is 0.303 e. The Labute approximate surface area is 109 Å². The third-order valence-electron chi connectivity index (χ3n) is 4.18. The standard InChI is InChI=1S/C14H25NO3/c1-4-10(8-12(16)17)9-15-13(18)11-6-5-7-14(11,2)3/h10-11H,4-9H2,1-3H3,(H,15,18)(H,16,17). The molecule has 104 valence electrons. The summed E-state index contributed by atoms with van der Waals surface area (Å²) in [6, 6.07) is 0. The normalized spacial score (nSPS) is 23.6. The Morgan fingerprint density at radius 2 is 2.11 bits per heavy atom. The van der Waals surface area contributed by atoms with Crippen LogP contribution < -0.4 is 5.32 Å². The van der Waals surface area contributed by atoms with Gasteiger partial charge in [-0.3, -0.25) is 9.59 Å². The molecule has 4 nitrogen and oxygen atoms in total. The Kier molecular flexibility index (Phi) is 5.17. The highest BCUT2D eigenvalue weighted by Gasteiger charge is 2.39. The SMILES string of the molecule is CCC(CNC(=O)C1CCCC1(C)C)CC(=O)O. The first-order chi connectivity index (χ1) is 8.36. The van der Waals surface area contributed by atoms with E-state index in [2.05, 4.69) is 19.2 Å². The van der Waals surface area contributed by atoms with Gasteiger partial charge in [-0.25, -0.2) is 0 Å². The van der Waals surface area contributed by atoms with Crippen LogP contribution in [-0.2, 0) is 9.59 Å². The van der Waals surface area contributed by atoms with Crippen LogP contribution in [0.3, 0.4) is 0 Å². The molecule has 18 heavy (non-hydrogen) atoms. The second kappa shape index (κ2) is 6.21. The molecule has 1 amide bonds. The number of hydrogen-bond donors (Lipinski definition) is 2. The molecule has 0 bridgehead atoms. The second-order valence-corrected chi connectivity index (χ2v) is 6.05. The molecule has 0 aromatic heterocycles. The Morgan fingerprint density at radius 3 is 2.56 bits per heavy atom. The molecule has 2 unspecified atom stereocenters. The van der Waals surface area contributed by atoms with Gasteiger partial charge in [0.1, 0.15) is 0 Å². The maximum atomic E-state index is 12.1. The number of hydrogen-bond acceptors (Lipinski definition) is 2. The summed E-state index contributed by atoms with van der Waals surface area (Å²) in [6.07, 6.45) is 4.06. The molecule has 0 aromatic rings. The summed E-state index contributed by atoms with van der Waals surface area (Å²) in [5, 5.41) is 11.7. The molecular weight excluding hydrogens is 230 g/mol. The third kappa shape index (κ3) is 4.00. The van der Waals surface area contributed by atoms with Crippen molar-refractivity contribution in [3.05, 3.63) is 0 Å². The van der Waals surface area contributed by atoms with Gasteiger partial charge in [-0.1, -0.05) is 33.6 Å². The molecule has 0 aromatic carbocycles. The van der Waals surface area contributed by atoms with Crippen molar-refractivity contribution >= 4 is 11.9 Å². The van der Waals surface area contributed by atoms with Gasteiger partial charge in [0.2, 0.25) is 5.91 Å². The van der Waals surface area contributed by atoms with Gasteiger partial charge in [-0.05, 0) is 24.2 Å². The van der Waals surface area contributed by atoms with Crippen molar-refractivity contribution in [3.8, 4) is 0 Å². The number of amides is 1. The molecule has 1 saturated carbocycles. The third-order valence-corrected chi connectivity index (χ3v) is 4.18. The van der Waals surface area contributed by atoms with E-state index in [-0.39, 0.29) is 29.6 Å². The zero-order chi connectivity index (χ0) is 13.8. The second-order valence-electron chi connectivity index (χ2n) is 6.05. The molecule has 2 atom stereocenters. The molecule has 1 aliphatic rings. The Balaban J connectivity index is 2.42. The zero-order valence-corrected chi connectivity index (χ0v) is 11.7. The van der Waals surface area contributed by atoms with Gasteiger partial charge >= 0.3 is 5.97 Å². The van der Waals surface area contributed by atoms with E-state index < -0.39 is 5.97 Å². The predicted octanol–water partition coefficient (Wildman–Crippen LogP) is 2.43. The summed E-state index contributed by atoms with van der Waals surface area (Å²) in [7, 11) is 0. The highest BCUT2D eigenvalue weighted by molar-refractivity contribution is 5.79. The lowest BCUT2D eigenvalue weighted by molar-refractivity contribution is -0.138. The fraction of sp³-hybridized carbons (Fsp3) is 0.857. The highest BCUT2D eigenvalue weighted by atomic mass is 16.4. The first-order valence-electron chi connectivity index (χ1n) is 6.86. The molecule has 1 rings (SSSR count). The first-order valence-corrected chi connectivity index (χ1v) is 6.86. The number of rotatable bonds is 6. The first kappa shape index (κ1) is 15.0. The van der Waals surface area contributed by atoms with Gasteiger partial charge in [0.05, 0.1) is 0 Å². The highest BCUT2D eigenvalue weighted by Crippen LogP contribution is 2.42. The maximum Gasteiger partial charge on any atom is 0.303 e. The fourth-order valence-corrected chi connectivity index (χ4v) is 2.79. The molecule has 0 heterocycles. The van der Waals surface area contributed by atoms with E-state index in [1.165, 1.54) is 0 Å². The molecule has 2 N–H and O–H groups in total. The summed E-state index contributed by atoms with van der Waals surface area (Å²) >= 11 is 0. The van der Waals surface area contributed by atoms with Gasteiger partial charge in [0, 0.05) is 18.9 Å². The molecule has 0 saturated heterocycles. The summed E-state index contributed by atoms with van der Waals surface area (Å²) in [5.74, 6) is -0.575. The average Bonchev–Trinajstić information content (AvgIpc) is 2.63. The number of aliphatic carboxylic acids is 1. The molecule has 0 spiro atoms. The van der Waals surface area contributed by atoms with E-state index in [4.69, 9.17) is 5.11 Å². The largest absolute Gasteiger partial charge is 0.481 e. The van der Waals surface area contributed by atoms with Crippen LogP contribution in [0.15, 0.2) is 0 Å². The van der Waals surface area contributed by atoms with Crippen LogP contribution in [-0.4, -0.2) is 23.5 Å². The number of carbonyl (C=O) groups is 2. The van der Waals surface area contributed by atoms with Crippen LogP contribution in [0, 0.1) is 17.3 Å². The number of carbonyl (C=O) groups excluding carboxylic acids is 1. The van der Waals surface area contributed by atoms with Crippen LogP contribution in [0.5, 0.6) is 0 Å². The van der Waals surface area contributed by atoms with Crippen molar-refractivity contribution in [1.29, 1.82) is 0 Å². The van der Waals surface area contributed by atoms with E-state index in [1.54, 1.807) is 0 Å². The zero-order valence-electron chi connectivity index (χ0n) is 11.7. The van der Waals surface area contributed by atoms with Gasteiger partial charge in [0.25, 0.3) is 0 Å². The van der Waals surface area contributed by atoms with E-state index in [9.17, 15) is 9.59 Å². The van der Waals surface area contributed by atoms with Crippen molar-refractivity contribution in [2.75, 3.05) is 6.54 Å². The number of carboxylic acids is 1. The Bertz CT molecular complexity index is 312. The van der Waals surface area contributed by atoms with Crippen molar-refractivity contribution in [1.82, 2.24) is 5.32 Å². The fourth-order valence-electron chi connectivity index (χ4n) is 2.79. The monoisotopic (exact) mass is 255 g/mol. The van der Waals surface area contributed by atoms with Crippen LogP contribution in [0.4, 0.5) is 0 Å². The van der Waals surface area contributed by atoms with E-state index in [0.717, 1.165) is 25.7 Å². The Morgan fingerprint density at radius 1 is 1.44 bits per heavy atom. The molecular formula is C14H25NO3. The van der Waals surface area contributed by atoms with E-state index in [0.29, 0.717) is 6.54 Å². The maximum absolute atomic E-state index is 12.1. The van der Waals surface area contributed by atoms with Gasteiger partial charge < -0.3 is 10.4 Å². The van der Waals surface area contributed by atoms with Crippen molar-refractivity contribution in [3.63, 3.8) is 0 Å². The predicted molar refractivity (Wildman–Crippen MR) is 70.2 cm³/mol. The van der Waals surface area contributed by atoms with Gasteiger partial charge in [-0.2, -0.15) is 0 Å². The van der Waals surface area contributed by atoms with Gasteiger partial charge in [0.15, 0.2) is 0 Å². The molecule has 0 radical (unpaired) electrons. The van der Waals surface area contributed by atoms with Crippen molar-refractivity contribution in [2.45, 2.75) is 52.9 Å². The molecule has 1 aliphatic carbocycles. The Hall–Kier alpha value is -1.06. The molecule has 1 fully saturated rings. The minimum absolute atomic E-state index is 0.0379. The van der Waals surface area contributed by atoms with Crippen LogP contribution in [0.2, 0.25) is 0 Å². The quantitative estimate of drug-likeness (QED) is 0.766.